The second-order valence-corrected chi connectivity index (χ2v) is 5.87. The summed E-state index contributed by atoms with van der Waals surface area (Å²) in [5.41, 5.74) is 4.38. The molecule has 118 valence electrons. The Morgan fingerprint density at radius 3 is 2.50 bits per heavy atom. The summed E-state index contributed by atoms with van der Waals surface area (Å²) in [5.74, 6) is -0.167. The van der Waals surface area contributed by atoms with Gasteiger partial charge < -0.3 is 9.51 Å². The lowest BCUT2D eigenvalue weighted by atomic mass is 10.0. The van der Waals surface area contributed by atoms with E-state index in [1.807, 2.05) is 30.5 Å². The van der Waals surface area contributed by atoms with Crippen molar-refractivity contribution < 1.29 is 9.90 Å². The Balaban J connectivity index is 1.95. The van der Waals surface area contributed by atoms with Crippen LogP contribution in [-0.2, 0) is 6.42 Å². The molecule has 0 fully saturated rings. The van der Waals surface area contributed by atoms with E-state index in [1.54, 1.807) is 18.2 Å². The van der Waals surface area contributed by atoms with Crippen LogP contribution in [0.1, 0.15) is 28.4 Å². The highest BCUT2D eigenvalue weighted by atomic mass is 16.3. The molecule has 2 aromatic heterocycles. The zero-order valence-electron chi connectivity index (χ0n) is 13.4. The van der Waals surface area contributed by atoms with E-state index in [9.17, 15) is 9.90 Å². The van der Waals surface area contributed by atoms with Gasteiger partial charge in [-0.1, -0.05) is 37.3 Å². The molecule has 0 radical (unpaired) electrons. The van der Waals surface area contributed by atoms with Crippen molar-refractivity contribution >= 4 is 22.2 Å². The first-order valence-electron chi connectivity index (χ1n) is 8.05. The van der Waals surface area contributed by atoms with Gasteiger partial charge in [0.2, 0.25) is 0 Å². The molecule has 4 aromatic rings. The molecule has 2 heterocycles. The van der Waals surface area contributed by atoms with Crippen LogP contribution in [-0.4, -0.2) is 15.3 Å². The summed E-state index contributed by atoms with van der Waals surface area (Å²) in [7, 11) is 0. The highest BCUT2D eigenvalue weighted by Gasteiger charge is 2.16. The summed E-state index contributed by atoms with van der Waals surface area (Å²) in [4.78, 5) is 12.7. The molecule has 24 heavy (non-hydrogen) atoms. The molecule has 2 aromatic carbocycles. The number of pyridine rings is 1. The topological polar surface area (TPSA) is 41.7 Å². The van der Waals surface area contributed by atoms with Gasteiger partial charge in [0.15, 0.2) is 5.78 Å². The maximum Gasteiger partial charge on any atom is 0.198 e. The van der Waals surface area contributed by atoms with E-state index in [0.717, 1.165) is 17.5 Å². The molecule has 0 saturated heterocycles. The lowest BCUT2D eigenvalue weighted by molar-refractivity contribution is 0.103. The van der Waals surface area contributed by atoms with Crippen molar-refractivity contribution in [3.05, 3.63) is 83.6 Å². The Bertz CT molecular complexity index is 1080. The van der Waals surface area contributed by atoms with Crippen molar-refractivity contribution in [2.24, 2.45) is 0 Å². The van der Waals surface area contributed by atoms with E-state index in [4.69, 9.17) is 0 Å². The van der Waals surface area contributed by atoms with Crippen molar-refractivity contribution in [2.45, 2.75) is 13.3 Å². The lowest BCUT2D eigenvalue weighted by Crippen LogP contribution is -2.03. The maximum absolute atomic E-state index is 12.7. The van der Waals surface area contributed by atoms with Crippen LogP contribution in [0.25, 0.3) is 16.4 Å². The number of aromatic nitrogens is 1. The van der Waals surface area contributed by atoms with Crippen molar-refractivity contribution in [1.29, 1.82) is 0 Å². The van der Waals surface area contributed by atoms with Gasteiger partial charge in [0.25, 0.3) is 0 Å². The number of aromatic hydroxyl groups is 1. The molecule has 3 heteroatoms. The Morgan fingerprint density at radius 2 is 1.71 bits per heavy atom. The predicted molar refractivity (Wildman–Crippen MR) is 95.8 cm³/mol. The first-order chi connectivity index (χ1) is 11.7. The van der Waals surface area contributed by atoms with Crippen LogP contribution in [0.5, 0.6) is 5.75 Å². The second kappa shape index (κ2) is 5.53. The molecule has 0 aliphatic heterocycles. The van der Waals surface area contributed by atoms with Crippen LogP contribution in [0, 0.1) is 0 Å². The molecule has 1 N–H and O–H groups in total. The van der Waals surface area contributed by atoms with Gasteiger partial charge in [-0.05, 0) is 42.3 Å². The van der Waals surface area contributed by atoms with Gasteiger partial charge in [-0.25, -0.2) is 0 Å². The summed E-state index contributed by atoms with van der Waals surface area (Å²) in [5, 5.41) is 11.2. The molecule has 4 rings (SSSR count). The highest BCUT2D eigenvalue weighted by molar-refractivity contribution is 6.11. The number of carbonyl (C=O) groups excluding carboxylic acids is 1. The SMILES string of the molecule is CCc1c2ccccc2n2cc(C(=O)c3ccccc3O)ccc12. The highest BCUT2D eigenvalue weighted by Crippen LogP contribution is 2.28. The number of fused-ring (bicyclic) bond motifs is 3. The monoisotopic (exact) mass is 315 g/mol. The molecular formula is C21H17NO2. The molecule has 0 saturated carbocycles. The van der Waals surface area contributed by atoms with Gasteiger partial charge in [0, 0.05) is 22.7 Å². The van der Waals surface area contributed by atoms with Crippen LogP contribution in [0.2, 0.25) is 0 Å². The fourth-order valence-corrected chi connectivity index (χ4v) is 3.35. The number of nitrogens with zero attached hydrogens (tertiary/aromatic N) is 1. The third-order valence-electron chi connectivity index (χ3n) is 4.51. The van der Waals surface area contributed by atoms with Crippen LogP contribution < -0.4 is 0 Å². The van der Waals surface area contributed by atoms with Crippen molar-refractivity contribution in [2.75, 3.05) is 0 Å². The Kier molecular flexibility index (Phi) is 3.35. The minimum Gasteiger partial charge on any atom is -0.507 e. The van der Waals surface area contributed by atoms with Gasteiger partial charge in [-0.3, -0.25) is 4.79 Å². The van der Waals surface area contributed by atoms with E-state index in [1.165, 1.54) is 17.0 Å². The number of hydrogen-bond donors (Lipinski definition) is 1. The minimum atomic E-state index is -0.175. The van der Waals surface area contributed by atoms with Crippen molar-refractivity contribution in [3.63, 3.8) is 0 Å². The van der Waals surface area contributed by atoms with Crippen LogP contribution in [0.3, 0.4) is 0 Å². The standard InChI is InChI=1S/C21H17NO2/c1-2-15-16-7-3-5-9-18(16)22-13-14(11-12-19(15)22)21(24)17-8-4-6-10-20(17)23/h3-13,23H,2H2,1H3. The molecule has 3 nitrogen and oxygen atoms in total. The maximum atomic E-state index is 12.7. The number of phenols is 1. The molecule has 0 bridgehead atoms. The average Bonchev–Trinajstić information content (AvgIpc) is 2.94. The second-order valence-electron chi connectivity index (χ2n) is 5.87. The van der Waals surface area contributed by atoms with Gasteiger partial charge in [-0.15, -0.1) is 0 Å². The Hall–Kier alpha value is -3.07. The predicted octanol–water partition coefficient (Wildman–Crippen LogP) is 4.59. The third kappa shape index (κ3) is 2.09. The third-order valence-corrected chi connectivity index (χ3v) is 4.51. The fourth-order valence-electron chi connectivity index (χ4n) is 3.35. The van der Waals surface area contributed by atoms with Gasteiger partial charge in [-0.2, -0.15) is 0 Å². The molecule has 0 spiro atoms. The molecular weight excluding hydrogens is 298 g/mol. The number of aryl methyl sites for hydroxylation is 1. The quantitative estimate of drug-likeness (QED) is 0.562. The zero-order valence-corrected chi connectivity index (χ0v) is 13.4. The molecule has 0 atom stereocenters. The number of rotatable bonds is 3. The number of carbonyl (C=O) groups is 1. The van der Waals surface area contributed by atoms with Crippen molar-refractivity contribution in [1.82, 2.24) is 4.40 Å². The van der Waals surface area contributed by atoms with Gasteiger partial charge in [0.05, 0.1) is 11.1 Å². The van der Waals surface area contributed by atoms with Crippen molar-refractivity contribution in [3.8, 4) is 5.75 Å². The molecule has 0 unspecified atom stereocenters. The van der Waals surface area contributed by atoms with Crippen LogP contribution >= 0.6 is 0 Å². The van der Waals surface area contributed by atoms with E-state index in [2.05, 4.69) is 23.5 Å². The Labute approximate surface area is 139 Å². The summed E-state index contributed by atoms with van der Waals surface area (Å²) in [6.45, 7) is 2.14. The number of para-hydroxylation sites is 2. The summed E-state index contributed by atoms with van der Waals surface area (Å²) in [6.07, 6.45) is 2.80. The minimum absolute atomic E-state index is 0.00853. The van der Waals surface area contributed by atoms with Gasteiger partial charge in [0.1, 0.15) is 5.75 Å². The summed E-state index contributed by atoms with van der Waals surface area (Å²) in [6, 6.07) is 18.7. The molecule has 0 aliphatic rings. The lowest BCUT2D eigenvalue weighted by Gasteiger charge is -2.06. The van der Waals surface area contributed by atoms with E-state index in [0.29, 0.717) is 11.1 Å². The van der Waals surface area contributed by atoms with E-state index >= 15 is 0 Å². The largest absolute Gasteiger partial charge is 0.507 e. The van der Waals surface area contributed by atoms with Crippen LogP contribution in [0.15, 0.2) is 66.9 Å². The van der Waals surface area contributed by atoms with E-state index in [-0.39, 0.29) is 11.5 Å². The normalized spacial score (nSPS) is 11.2. The van der Waals surface area contributed by atoms with Crippen LogP contribution in [0.4, 0.5) is 0 Å². The summed E-state index contributed by atoms with van der Waals surface area (Å²) < 4.78 is 2.07. The first kappa shape index (κ1) is 14.5. The average molecular weight is 315 g/mol. The summed E-state index contributed by atoms with van der Waals surface area (Å²) >= 11 is 0. The number of hydrogen-bond acceptors (Lipinski definition) is 2. The zero-order chi connectivity index (χ0) is 16.7. The smallest absolute Gasteiger partial charge is 0.198 e. The number of benzene rings is 2. The number of ketones is 1. The Morgan fingerprint density at radius 1 is 0.958 bits per heavy atom. The molecule has 0 amide bonds. The van der Waals surface area contributed by atoms with Gasteiger partial charge >= 0.3 is 0 Å². The first-order valence-corrected chi connectivity index (χ1v) is 8.05. The molecule has 0 aliphatic carbocycles. The number of phenolic OH excluding ortho intramolecular Hbond substituents is 1. The fraction of sp³-hybridized carbons (Fsp3) is 0.0952. The van der Waals surface area contributed by atoms with E-state index < -0.39 is 0 Å².